The van der Waals surface area contributed by atoms with E-state index in [1.807, 2.05) is 0 Å². The number of epoxide rings is 1. The fraction of sp³-hybridized carbons (Fsp3) is 0.571. The fourth-order valence-corrected chi connectivity index (χ4v) is 0.959. The van der Waals surface area contributed by atoms with Gasteiger partial charge in [0, 0.05) is 0 Å². The van der Waals surface area contributed by atoms with E-state index in [1.54, 1.807) is 0 Å². The van der Waals surface area contributed by atoms with Crippen LogP contribution in [0.1, 0.15) is 0 Å². The quantitative estimate of drug-likeness (QED) is 0.316. The van der Waals surface area contributed by atoms with Gasteiger partial charge >= 0.3 is 0 Å². The molecule has 15 heavy (non-hydrogen) atoms. The van der Waals surface area contributed by atoms with Crippen LogP contribution in [0.4, 0.5) is 17.8 Å². The van der Waals surface area contributed by atoms with Crippen molar-refractivity contribution >= 4 is 17.8 Å². The van der Waals surface area contributed by atoms with Gasteiger partial charge in [-0.25, -0.2) is 0 Å². The predicted molar refractivity (Wildman–Crippen MR) is 52.8 cm³/mol. The summed E-state index contributed by atoms with van der Waals surface area (Å²) in [6, 6.07) is 0. The molecular formula is C7H12N6O2. The molecular weight excluding hydrogens is 200 g/mol. The zero-order chi connectivity index (χ0) is 10.7. The van der Waals surface area contributed by atoms with Crippen molar-refractivity contribution in [3.8, 4) is 0 Å². The number of ether oxygens (including phenoxy) is 2. The van der Waals surface area contributed by atoms with Crippen LogP contribution < -0.4 is 16.8 Å². The molecule has 0 saturated carbocycles. The number of nitrogens with zero attached hydrogens (tertiary/aromatic N) is 3. The molecule has 1 fully saturated rings. The lowest BCUT2D eigenvalue weighted by Gasteiger charge is -2.05. The summed E-state index contributed by atoms with van der Waals surface area (Å²) in [6.07, 6.45) is 0.236. The van der Waals surface area contributed by atoms with Crippen molar-refractivity contribution in [1.82, 2.24) is 15.0 Å². The van der Waals surface area contributed by atoms with Gasteiger partial charge in [0.15, 0.2) is 0 Å². The lowest BCUT2D eigenvalue weighted by molar-refractivity contribution is 0.132. The number of aromatic nitrogens is 3. The van der Waals surface area contributed by atoms with Crippen LogP contribution in [0, 0.1) is 0 Å². The number of nitrogens with one attached hydrogen (secondary N) is 1. The Hall–Kier alpha value is -1.67. The minimum Gasteiger partial charge on any atom is -0.371 e. The van der Waals surface area contributed by atoms with Crippen molar-refractivity contribution in [2.45, 2.75) is 6.10 Å². The van der Waals surface area contributed by atoms with Crippen LogP contribution in [0.3, 0.4) is 0 Å². The fourth-order valence-electron chi connectivity index (χ4n) is 0.959. The smallest absolute Gasteiger partial charge is 0.231 e. The van der Waals surface area contributed by atoms with E-state index in [0.29, 0.717) is 12.6 Å². The van der Waals surface area contributed by atoms with Crippen molar-refractivity contribution in [3.63, 3.8) is 0 Å². The number of rotatable bonds is 5. The van der Waals surface area contributed by atoms with Crippen LogP contribution in [0.2, 0.25) is 0 Å². The molecule has 1 saturated heterocycles. The standard InChI is InChI=1S/C7H12N6O2/c8-5-11-6(9)13-7(12-5)10-3-14-1-4-2-15-4/h4H,1-3H2,(H5,8,9,10,11,12,13). The Morgan fingerprint density at radius 3 is 2.60 bits per heavy atom. The first-order valence-electron chi connectivity index (χ1n) is 4.44. The van der Waals surface area contributed by atoms with E-state index in [1.165, 1.54) is 0 Å². The average Bonchev–Trinajstić information content (AvgIpc) is 2.94. The third-order valence-corrected chi connectivity index (χ3v) is 1.71. The Labute approximate surface area is 86.0 Å². The molecule has 0 aromatic carbocycles. The highest BCUT2D eigenvalue weighted by Gasteiger charge is 2.22. The summed E-state index contributed by atoms with van der Waals surface area (Å²) in [5.41, 5.74) is 10.8. The van der Waals surface area contributed by atoms with E-state index < -0.39 is 0 Å². The molecule has 1 aliphatic heterocycles. The van der Waals surface area contributed by atoms with E-state index in [-0.39, 0.29) is 24.7 Å². The van der Waals surface area contributed by atoms with Crippen LogP contribution in [0.15, 0.2) is 0 Å². The minimum absolute atomic E-state index is 0.0792. The molecule has 1 aromatic heterocycles. The van der Waals surface area contributed by atoms with Gasteiger partial charge < -0.3 is 26.3 Å². The molecule has 0 amide bonds. The Kier molecular flexibility index (Phi) is 2.79. The van der Waals surface area contributed by atoms with Crippen LogP contribution in [-0.2, 0) is 9.47 Å². The highest BCUT2D eigenvalue weighted by atomic mass is 16.6. The van der Waals surface area contributed by atoms with Crippen molar-refractivity contribution < 1.29 is 9.47 Å². The van der Waals surface area contributed by atoms with Gasteiger partial charge in [0.2, 0.25) is 17.8 Å². The molecule has 82 valence electrons. The summed E-state index contributed by atoms with van der Waals surface area (Å²) in [5, 5.41) is 2.81. The van der Waals surface area contributed by atoms with Gasteiger partial charge in [0.05, 0.1) is 13.2 Å². The van der Waals surface area contributed by atoms with Crippen LogP contribution in [-0.4, -0.2) is 41.0 Å². The number of anilines is 3. The second-order valence-electron chi connectivity index (χ2n) is 3.02. The molecule has 2 heterocycles. The molecule has 0 aliphatic carbocycles. The van der Waals surface area contributed by atoms with Crippen molar-refractivity contribution in [2.24, 2.45) is 0 Å². The van der Waals surface area contributed by atoms with Crippen LogP contribution >= 0.6 is 0 Å². The highest BCUT2D eigenvalue weighted by Crippen LogP contribution is 2.08. The number of hydrogen-bond donors (Lipinski definition) is 3. The largest absolute Gasteiger partial charge is 0.371 e. The summed E-state index contributed by atoms with van der Waals surface area (Å²) in [7, 11) is 0. The van der Waals surface area contributed by atoms with Gasteiger partial charge in [-0.3, -0.25) is 0 Å². The average molecular weight is 212 g/mol. The number of nitrogen functional groups attached to an aromatic ring is 2. The molecule has 2 rings (SSSR count). The minimum atomic E-state index is 0.0792. The lowest BCUT2D eigenvalue weighted by atomic mass is 10.5. The third-order valence-electron chi connectivity index (χ3n) is 1.71. The summed E-state index contributed by atoms with van der Waals surface area (Å²) in [5.74, 6) is 0.461. The molecule has 0 bridgehead atoms. The molecule has 1 aliphatic rings. The Bertz CT molecular complexity index is 322. The van der Waals surface area contributed by atoms with Gasteiger partial charge in [-0.15, -0.1) is 0 Å². The topological polar surface area (TPSA) is 124 Å². The first kappa shape index (κ1) is 9.87. The monoisotopic (exact) mass is 212 g/mol. The van der Waals surface area contributed by atoms with Crippen LogP contribution in [0.25, 0.3) is 0 Å². The van der Waals surface area contributed by atoms with E-state index >= 15 is 0 Å². The number of hydrogen-bond acceptors (Lipinski definition) is 8. The lowest BCUT2D eigenvalue weighted by Crippen LogP contribution is -2.14. The molecule has 1 aromatic rings. The molecule has 0 radical (unpaired) electrons. The molecule has 5 N–H and O–H groups in total. The summed E-state index contributed by atoms with van der Waals surface area (Å²) in [6.45, 7) is 1.61. The van der Waals surface area contributed by atoms with Gasteiger partial charge in [-0.05, 0) is 0 Å². The van der Waals surface area contributed by atoms with Gasteiger partial charge in [0.1, 0.15) is 12.8 Å². The summed E-state index contributed by atoms with van der Waals surface area (Å²) in [4.78, 5) is 11.3. The second kappa shape index (κ2) is 4.24. The van der Waals surface area contributed by atoms with Gasteiger partial charge in [-0.2, -0.15) is 15.0 Å². The SMILES string of the molecule is Nc1nc(N)nc(NCOCC2CO2)n1. The van der Waals surface area contributed by atoms with E-state index in [2.05, 4.69) is 20.3 Å². The summed E-state index contributed by atoms with van der Waals surface area (Å²) >= 11 is 0. The third kappa shape index (κ3) is 3.18. The summed E-state index contributed by atoms with van der Waals surface area (Å²) < 4.78 is 10.2. The second-order valence-corrected chi connectivity index (χ2v) is 3.02. The van der Waals surface area contributed by atoms with E-state index in [4.69, 9.17) is 20.9 Å². The molecule has 0 spiro atoms. The maximum Gasteiger partial charge on any atom is 0.231 e. The van der Waals surface area contributed by atoms with Crippen molar-refractivity contribution in [1.29, 1.82) is 0 Å². The molecule has 1 atom stereocenters. The molecule has 1 unspecified atom stereocenters. The predicted octanol–water partition coefficient (Wildman–Crippen LogP) is -1.18. The molecule has 8 heteroatoms. The van der Waals surface area contributed by atoms with E-state index in [0.717, 1.165) is 6.61 Å². The maximum atomic E-state index is 5.38. The van der Waals surface area contributed by atoms with Crippen molar-refractivity contribution in [3.05, 3.63) is 0 Å². The van der Waals surface area contributed by atoms with E-state index in [9.17, 15) is 0 Å². The Balaban J connectivity index is 1.76. The normalized spacial score (nSPS) is 18.8. The van der Waals surface area contributed by atoms with Crippen molar-refractivity contribution in [2.75, 3.05) is 36.7 Å². The van der Waals surface area contributed by atoms with Crippen LogP contribution in [0.5, 0.6) is 0 Å². The zero-order valence-electron chi connectivity index (χ0n) is 8.01. The maximum absolute atomic E-state index is 5.38. The highest BCUT2D eigenvalue weighted by molar-refractivity contribution is 5.36. The zero-order valence-corrected chi connectivity index (χ0v) is 8.01. The van der Waals surface area contributed by atoms with Gasteiger partial charge in [-0.1, -0.05) is 0 Å². The molecule has 8 nitrogen and oxygen atoms in total. The first-order valence-corrected chi connectivity index (χ1v) is 4.44. The Morgan fingerprint density at radius 2 is 2.00 bits per heavy atom. The number of nitrogens with two attached hydrogens (primary N) is 2. The first-order chi connectivity index (χ1) is 7.24. The Morgan fingerprint density at radius 1 is 1.33 bits per heavy atom. The van der Waals surface area contributed by atoms with Gasteiger partial charge in [0.25, 0.3) is 0 Å².